The molecule has 6 heteroatoms. The van der Waals surface area contributed by atoms with E-state index in [1.807, 2.05) is 50.2 Å². The van der Waals surface area contributed by atoms with Crippen LogP contribution in [0.5, 0.6) is 0 Å². The average Bonchev–Trinajstić information content (AvgIpc) is 2.70. The second-order valence-corrected chi connectivity index (χ2v) is 17.8. The Morgan fingerprint density at radius 2 is 1.14 bits per heavy atom. The summed E-state index contributed by atoms with van der Waals surface area (Å²) in [6, 6.07) is 20.6. The van der Waals surface area contributed by atoms with Gasteiger partial charge in [-0.1, -0.05) is 0 Å². The first-order valence-corrected chi connectivity index (χ1v) is 16.2. The van der Waals surface area contributed by atoms with Gasteiger partial charge >= 0.3 is 179 Å². The Hall–Kier alpha value is -0.581. The Morgan fingerprint density at radius 3 is 1.50 bits per heavy atom. The van der Waals surface area contributed by atoms with E-state index in [0.717, 1.165) is 12.8 Å². The minimum atomic E-state index is -3.07. The van der Waals surface area contributed by atoms with Crippen LogP contribution in [0, 0.1) is 0 Å². The van der Waals surface area contributed by atoms with Gasteiger partial charge in [0.25, 0.3) is 0 Å². The molecule has 0 spiro atoms. The summed E-state index contributed by atoms with van der Waals surface area (Å²) in [5.74, 6) is 0. The zero-order chi connectivity index (χ0) is 20.0. The second-order valence-electron chi connectivity index (χ2n) is 6.79. The van der Waals surface area contributed by atoms with Crippen molar-refractivity contribution in [3.8, 4) is 0 Å². The summed E-state index contributed by atoms with van der Waals surface area (Å²) in [7, 11) is 14.5. The molecule has 0 radical (unpaired) electrons. The molecule has 1 saturated heterocycles. The molecular weight excluding hydrogens is 462 g/mol. The van der Waals surface area contributed by atoms with Crippen LogP contribution < -0.4 is 0 Å². The van der Waals surface area contributed by atoms with Crippen molar-refractivity contribution in [2.24, 2.45) is 0 Å². The molecule has 4 atom stereocenters. The third-order valence-electron chi connectivity index (χ3n) is 4.90. The Balaban J connectivity index is 1.91. The van der Waals surface area contributed by atoms with Crippen LogP contribution in [0.1, 0.15) is 25.0 Å². The van der Waals surface area contributed by atoms with Crippen molar-refractivity contribution in [2.75, 3.05) is 13.2 Å². The Kier molecular flexibility index (Phi) is 8.25. The van der Waals surface area contributed by atoms with E-state index in [1.165, 1.54) is 11.1 Å². The average molecular weight is 490 g/mol. The van der Waals surface area contributed by atoms with Crippen LogP contribution in [0.2, 0.25) is 9.63 Å². The number of ether oxygens (including phenoxy) is 3. The van der Waals surface area contributed by atoms with Crippen molar-refractivity contribution in [3.63, 3.8) is 0 Å². The molecule has 1 heterocycles. The maximum absolute atomic E-state index is 7.25. The number of hydrogen-bond acceptors (Lipinski definition) is 3. The summed E-state index contributed by atoms with van der Waals surface area (Å²) in [6.07, 6.45) is 0.568. The Bertz CT molecular complexity index is 655. The molecule has 0 saturated carbocycles. The van der Waals surface area contributed by atoms with Gasteiger partial charge in [0.15, 0.2) is 0 Å². The normalized spacial score (nSPS) is 28.0. The van der Waals surface area contributed by atoms with Gasteiger partial charge in [-0.05, 0) is 0 Å². The van der Waals surface area contributed by atoms with Gasteiger partial charge in [-0.3, -0.25) is 0 Å². The summed E-state index contributed by atoms with van der Waals surface area (Å²) in [6.45, 7) is 5.00. The monoisotopic (exact) mass is 490 g/mol. The van der Waals surface area contributed by atoms with E-state index in [2.05, 4.69) is 24.3 Å². The van der Waals surface area contributed by atoms with Gasteiger partial charge in [-0.15, -0.1) is 0 Å². The molecule has 1 fully saturated rings. The number of rotatable bonds is 8. The van der Waals surface area contributed by atoms with Crippen molar-refractivity contribution in [3.05, 3.63) is 71.8 Å². The quantitative estimate of drug-likeness (QED) is 0.433. The zero-order valence-electron chi connectivity index (χ0n) is 16.3. The van der Waals surface area contributed by atoms with Gasteiger partial charge < -0.3 is 0 Å². The van der Waals surface area contributed by atoms with Crippen LogP contribution in [0.15, 0.2) is 60.7 Å². The van der Waals surface area contributed by atoms with Crippen LogP contribution >= 0.6 is 20.2 Å². The molecule has 0 amide bonds. The fourth-order valence-corrected chi connectivity index (χ4v) is 11.1. The molecular formula is C22H28Cl2O3Se. The van der Waals surface area contributed by atoms with E-state index in [0.29, 0.717) is 13.2 Å². The topological polar surface area (TPSA) is 27.7 Å². The maximum atomic E-state index is 7.25. The fraction of sp³-hybridized carbons (Fsp3) is 0.455. The van der Waals surface area contributed by atoms with Gasteiger partial charge in [0.05, 0.1) is 0 Å². The van der Waals surface area contributed by atoms with E-state index < -0.39 is 23.6 Å². The van der Waals surface area contributed by atoms with Crippen LogP contribution in [0.3, 0.4) is 0 Å². The first-order chi connectivity index (χ1) is 13.6. The molecule has 3 nitrogen and oxygen atoms in total. The second kappa shape index (κ2) is 10.4. The van der Waals surface area contributed by atoms with Crippen molar-refractivity contribution >= 4 is 31.2 Å². The summed E-state index contributed by atoms with van der Waals surface area (Å²) < 4.78 is 18.2. The molecule has 0 bridgehead atoms. The van der Waals surface area contributed by atoms with Crippen molar-refractivity contribution in [1.82, 2.24) is 0 Å². The third-order valence-corrected chi connectivity index (χ3v) is 14.7. The molecule has 1 aliphatic heterocycles. The zero-order valence-corrected chi connectivity index (χ0v) is 19.5. The molecule has 0 N–H and O–H groups in total. The van der Waals surface area contributed by atoms with E-state index in [1.54, 1.807) is 0 Å². The van der Waals surface area contributed by atoms with E-state index in [4.69, 9.17) is 34.4 Å². The van der Waals surface area contributed by atoms with Crippen LogP contribution in [0.4, 0.5) is 0 Å². The number of benzene rings is 2. The predicted molar refractivity (Wildman–Crippen MR) is 117 cm³/mol. The number of halogens is 2. The van der Waals surface area contributed by atoms with Gasteiger partial charge in [0, 0.05) is 0 Å². The summed E-state index contributed by atoms with van der Waals surface area (Å²) in [4.78, 5) is -0.125. The molecule has 0 aromatic heterocycles. The summed E-state index contributed by atoms with van der Waals surface area (Å²) in [5.41, 5.74) is 2.38. The van der Waals surface area contributed by atoms with Crippen molar-refractivity contribution in [2.45, 2.75) is 48.9 Å². The molecule has 28 heavy (non-hydrogen) atoms. The number of hydrogen-bond donors (Lipinski definition) is 0. The third kappa shape index (κ3) is 5.31. The van der Waals surface area contributed by atoms with Crippen molar-refractivity contribution < 1.29 is 14.2 Å². The first kappa shape index (κ1) is 22.1. The van der Waals surface area contributed by atoms with Gasteiger partial charge in [-0.2, -0.15) is 0 Å². The van der Waals surface area contributed by atoms with Crippen LogP contribution in [0.25, 0.3) is 0 Å². The van der Waals surface area contributed by atoms with Gasteiger partial charge in [0.2, 0.25) is 0 Å². The molecule has 4 unspecified atom stereocenters. The molecule has 0 aliphatic carbocycles. The molecule has 2 aromatic carbocycles. The standard InChI is InChI=1S/C22H28Cl2O3Se/c1-3-25-21-19(15-17-11-7-5-8-12-17)28(23,24)20(22(27-21)26-4-2)16-18-13-9-6-10-14-18/h5-14,19-22H,3-4,15-16H2,1-2H3. The minimum absolute atomic E-state index is 0.0626. The SMILES string of the molecule is CCOC1OC(OCC)C(Cc2ccccc2)[Se](Cl)(Cl)C1Cc1ccccc1. The van der Waals surface area contributed by atoms with Gasteiger partial charge in [0.1, 0.15) is 0 Å². The van der Waals surface area contributed by atoms with Gasteiger partial charge in [-0.25, -0.2) is 0 Å². The van der Waals surface area contributed by atoms with E-state index >= 15 is 0 Å². The molecule has 3 rings (SSSR count). The summed E-state index contributed by atoms with van der Waals surface area (Å²) in [5, 5.41) is 0. The predicted octanol–water partition coefficient (Wildman–Crippen LogP) is 5.89. The Morgan fingerprint density at radius 1 is 0.750 bits per heavy atom. The molecule has 2 aromatic rings. The Labute approximate surface area is 179 Å². The molecule has 1 aliphatic rings. The first-order valence-electron chi connectivity index (χ1n) is 9.73. The van der Waals surface area contributed by atoms with E-state index in [9.17, 15) is 0 Å². The van der Waals surface area contributed by atoms with Crippen LogP contribution in [-0.4, -0.2) is 36.8 Å². The van der Waals surface area contributed by atoms with Crippen molar-refractivity contribution in [1.29, 1.82) is 0 Å². The summed E-state index contributed by atoms with van der Waals surface area (Å²) >= 11 is -3.07. The fourth-order valence-electron chi connectivity index (χ4n) is 3.56. The van der Waals surface area contributed by atoms with Crippen LogP contribution in [-0.2, 0) is 27.1 Å². The van der Waals surface area contributed by atoms with E-state index in [-0.39, 0.29) is 9.63 Å². The molecule has 154 valence electrons.